The zero-order chi connectivity index (χ0) is 15.2. The van der Waals surface area contributed by atoms with E-state index in [1.165, 1.54) is 15.9 Å². The van der Waals surface area contributed by atoms with Crippen molar-refractivity contribution in [3.63, 3.8) is 0 Å². The van der Waals surface area contributed by atoms with Gasteiger partial charge in [0.2, 0.25) is 9.99 Å². The normalized spacial score (nSPS) is 12.0. The van der Waals surface area contributed by atoms with Gasteiger partial charge in [0.05, 0.1) is 5.69 Å². The van der Waals surface area contributed by atoms with Crippen molar-refractivity contribution in [1.82, 2.24) is 14.6 Å². The molecular weight excluding hydrogens is 376 g/mol. The summed E-state index contributed by atoms with van der Waals surface area (Å²) in [6.07, 6.45) is 0. The lowest BCUT2D eigenvalue weighted by Gasteiger charge is -2.07. The molecule has 3 aromatic rings. The molecule has 3 rings (SSSR count). The van der Waals surface area contributed by atoms with Gasteiger partial charge in [-0.2, -0.15) is 18.0 Å². The number of halogens is 1. The quantitative estimate of drug-likeness (QED) is 0.750. The van der Waals surface area contributed by atoms with Gasteiger partial charge in [-0.3, -0.25) is 4.72 Å². The fourth-order valence-corrected chi connectivity index (χ4v) is 4.56. The van der Waals surface area contributed by atoms with Gasteiger partial charge in [0.15, 0.2) is 0 Å². The maximum atomic E-state index is 12.6. The topological polar surface area (TPSA) is 76.4 Å². The van der Waals surface area contributed by atoms with E-state index >= 15 is 0 Å². The zero-order valence-corrected chi connectivity index (χ0v) is 14.4. The van der Waals surface area contributed by atoms with Gasteiger partial charge in [-0.05, 0) is 32.0 Å². The molecule has 0 saturated heterocycles. The Labute approximate surface area is 134 Å². The Balaban J connectivity index is 2.10. The standard InChI is InChI=1S/C12H11BrN4O2S2/c1-7-11(17-12(14-7)20-8(2)15-17)21(18,19)16-10-5-3-4-9(13)6-10/h3-6,16H,1-2H3. The highest BCUT2D eigenvalue weighted by atomic mass is 79.9. The summed E-state index contributed by atoms with van der Waals surface area (Å²) >= 11 is 4.67. The van der Waals surface area contributed by atoms with Gasteiger partial charge in [-0.15, -0.1) is 0 Å². The van der Waals surface area contributed by atoms with Crippen molar-refractivity contribution in [2.24, 2.45) is 0 Å². The average molecular weight is 387 g/mol. The molecule has 0 bridgehead atoms. The van der Waals surface area contributed by atoms with E-state index in [2.05, 4.69) is 30.7 Å². The molecule has 0 spiro atoms. The number of imidazole rings is 1. The number of aryl methyl sites for hydroxylation is 2. The second kappa shape index (κ2) is 5.08. The van der Waals surface area contributed by atoms with Gasteiger partial charge >= 0.3 is 0 Å². The number of rotatable bonds is 3. The van der Waals surface area contributed by atoms with Crippen molar-refractivity contribution < 1.29 is 8.42 Å². The molecule has 0 fully saturated rings. The van der Waals surface area contributed by atoms with Gasteiger partial charge in [0.1, 0.15) is 5.01 Å². The van der Waals surface area contributed by atoms with E-state index in [9.17, 15) is 8.42 Å². The van der Waals surface area contributed by atoms with Crippen molar-refractivity contribution in [2.45, 2.75) is 18.9 Å². The van der Waals surface area contributed by atoms with Crippen LogP contribution in [0.2, 0.25) is 0 Å². The number of fused-ring (bicyclic) bond motifs is 1. The van der Waals surface area contributed by atoms with Crippen LogP contribution in [0.5, 0.6) is 0 Å². The minimum atomic E-state index is -3.76. The maximum absolute atomic E-state index is 12.6. The molecule has 2 heterocycles. The second-order valence-electron chi connectivity index (χ2n) is 4.43. The van der Waals surface area contributed by atoms with Crippen molar-refractivity contribution in [3.05, 3.63) is 39.4 Å². The van der Waals surface area contributed by atoms with Crippen LogP contribution in [0.1, 0.15) is 10.7 Å². The third kappa shape index (κ3) is 2.68. The summed E-state index contributed by atoms with van der Waals surface area (Å²) in [5.74, 6) is 0. The molecule has 0 atom stereocenters. The molecule has 0 aliphatic heterocycles. The molecule has 0 unspecified atom stereocenters. The van der Waals surface area contributed by atoms with E-state index in [0.717, 1.165) is 9.48 Å². The smallest absolute Gasteiger partial charge is 0.278 e. The van der Waals surface area contributed by atoms with Gasteiger partial charge in [-0.25, -0.2) is 4.98 Å². The molecule has 21 heavy (non-hydrogen) atoms. The minimum absolute atomic E-state index is 0.0711. The Hall–Kier alpha value is -1.45. The van der Waals surface area contributed by atoms with E-state index in [-0.39, 0.29) is 5.03 Å². The lowest BCUT2D eigenvalue weighted by molar-refractivity contribution is 0.592. The molecule has 0 amide bonds. The number of anilines is 1. The van der Waals surface area contributed by atoms with E-state index in [4.69, 9.17) is 0 Å². The third-order valence-corrected chi connectivity index (χ3v) is 5.56. The Kier molecular flexibility index (Phi) is 3.50. The first-order valence-corrected chi connectivity index (χ1v) is 9.07. The first-order chi connectivity index (χ1) is 9.87. The van der Waals surface area contributed by atoms with Gasteiger partial charge in [0, 0.05) is 10.2 Å². The van der Waals surface area contributed by atoms with Crippen LogP contribution in [0.15, 0.2) is 33.8 Å². The van der Waals surface area contributed by atoms with Crippen LogP contribution >= 0.6 is 27.3 Å². The van der Waals surface area contributed by atoms with Crippen LogP contribution in [-0.4, -0.2) is 23.0 Å². The van der Waals surface area contributed by atoms with Crippen LogP contribution in [-0.2, 0) is 10.0 Å². The van der Waals surface area contributed by atoms with Crippen LogP contribution < -0.4 is 4.72 Å². The Morgan fingerprint density at radius 3 is 2.81 bits per heavy atom. The lowest BCUT2D eigenvalue weighted by Crippen LogP contribution is -2.16. The predicted octanol–water partition coefficient (Wildman–Crippen LogP) is 2.97. The molecule has 0 radical (unpaired) electrons. The molecule has 110 valence electrons. The van der Waals surface area contributed by atoms with E-state index in [0.29, 0.717) is 16.3 Å². The van der Waals surface area contributed by atoms with E-state index < -0.39 is 10.0 Å². The molecule has 2 aromatic heterocycles. The first kappa shape index (κ1) is 14.5. The van der Waals surface area contributed by atoms with Gasteiger partial charge in [-0.1, -0.05) is 33.3 Å². The van der Waals surface area contributed by atoms with Crippen molar-refractivity contribution in [1.29, 1.82) is 0 Å². The highest BCUT2D eigenvalue weighted by Crippen LogP contribution is 2.24. The number of hydrogen-bond acceptors (Lipinski definition) is 5. The Morgan fingerprint density at radius 2 is 2.10 bits per heavy atom. The molecule has 0 aliphatic rings. The highest BCUT2D eigenvalue weighted by Gasteiger charge is 2.25. The number of aromatic nitrogens is 3. The number of benzene rings is 1. The molecule has 1 aromatic carbocycles. The average Bonchev–Trinajstić information content (AvgIpc) is 2.82. The SMILES string of the molecule is Cc1nn2c(S(=O)(=O)Nc3cccc(Br)c3)c(C)nc2s1. The summed E-state index contributed by atoms with van der Waals surface area (Å²) in [4.78, 5) is 4.82. The van der Waals surface area contributed by atoms with E-state index in [1.54, 1.807) is 25.1 Å². The lowest BCUT2D eigenvalue weighted by atomic mass is 10.3. The molecule has 9 heteroatoms. The maximum Gasteiger partial charge on any atom is 0.281 e. The summed E-state index contributed by atoms with van der Waals surface area (Å²) < 4.78 is 29.9. The Morgan fingerprint density at radius 1 is 1.33 bits per heavy atom. The Bertz CT molecular complexity index is 930. The molecule has 6 nitrogen and oxygen atoms in total. The zero-order valence-electron chi connectivity index (χ0n) is 11.2. The van der Waals surface area contributed by atoms with Crippen LogP contribution in [0, 0.1) is 13.8 Å². The van der Waals surface area contributed by atoms with Gasteiger partial charge in [0.25, 0.3) is 10.0 Å². The molecule has 1 N–H and O–H groups in total. The largest absolute Gasteiger partial charge is 0.281 e. The van der Waals surface area contributed by atoms with Crippen molar-refractivity contribution in [3.8, 4) is 0 Å². The highest BCUT2D eigenvalue weighted by molar-refractivity contribution is 9.10. The number of hydrogen-bond donors (Lipinski definition) is 1. The second-order valence-corrected chi connectivity index (χ2v) is 8.11. The summed E-state index contributed by atoms with van der Waals surface area (Å²) in [6, 6.07) is 6.96. The summed E-state index contributed by atoms with van der Waals surface area (Å²) in [6.45, 7) is 3.47. The number of sulfonamides is 1. The predicted molar refractivity (Wildman–Crippen MR) is 85.3 cm³/mol. The van der Waals surface area contributed by atoms with Crippen LogP contribution in [0.4, 0.5) is 5.69 Å². The third-order valence-electron chi connectivity index (χ3n) is 2.76. The summed E-state index contributed by atoms with van der Waals surface area (Å²) in [5.41, 5.74) is 0.905. The van der Waals surface area contributed by atoms with E-state index in [1.807, 2.05) is 13.0 Å². The van der Waals surface area contributed by atoms with Gasteiger partial charge < -0.3 is 0 Å². The molecule has 0 saturated carbocycles. The van der Waals surface area contributed by atoms with Crippen LogP contribution in [0.3, 0.4) is 0 Å². The van der Waals surface area contributed by atoms with Crippen molar-refractivity contribution >= 4 is 47.9 Å². The number of nitrogens with zero attached hydrogens (tertiary/aromatic N) is 3. The minimum Gasteiger partial charge on any atom is -0.278 e. The number of nitrogens with one attached hydrogen (secondary N) is 1. The first-order valence-electron chi connectivity index (χ1n) is 5.98. The summed E-state index contributed by atoms with van der Waals surface area (Å²) in [5, 5.41) is 5.04. The monoisotopic (exact) mass is 386 g/mol. The summed E-state index contributed by atoms with van der Waals surface area (Å²) in [7, 11) is -3.76. The van der Waals surface area contributed by atoms with Crippen LogP contribution in [0.25, 0.3) is 4.96 Å². The van der Waals surface area contributed by atoms with Crippen molar-refractivity contribution in [2.75, 3.05) is 4.72 Å². The fourth-order valence-electron chi connectivity index (χ4n) is 1.99. The molecule has 0 aliphatic carbocycles. The molecular formula is C12H11BrN4O2S2. The fraction of sp³-hybridized carbons (Fsp3) is 0.167.